The molecule has 1 rings (SSSR count). The van der Waals surface area contributed by atoms with Crippen molar-refractivity contribution in [3.63, 3.8) is 0 Å². The smallest absolute Gasteiger partial charge is 0.545 e. The molecule has 0 saturated carbocycles. The van der Waals surface area contributed by atoms with E-state index >= 15 is 0 Å². The third kappa shape index (κ3) is 5.01. The number of hydrogen-bond donors (Lipinski definition) is 1. The summed E-state index contributed by atoms with van der Waals surface area (Å²) in [6.07, 6.45) is 0. The molecule has 0 heterocycles. The number of hydrogen-bond acceptors (Lipinski definition) is 6. The molecule has 0 unspecified atom stereocenters. The van der Waals surface area contributed by atoms with Crippen molar-refractivity contribution in [1.82, 2.24) is 0 Å². The van der Waals surface area contributed by atoms with Crippen molar-refractivity contribution in [2.75, 3.05) is 0 Å². The average Bonchev–Trinajstić information content (AvgIpc) is 2.15. The number of aromatic carboxylic acids is 1. The second-order valence-corrected chi connectivity index (χ2v) is 3.69. The van der Waals surface area contributed by atoms with Gasteiger partial charge >= 0.3 is 35.2 Å². The summed E-state index contributed by atoms with van der Waals surface area (Å²) in [4.78, 5) is 21.5. The summed E-state index contributed by atoms with van der Waals surface area (Å²) in [5, 5.41) is 10.4. The van der Waals surface area contributed by atoms with Gasteiger partial charge in [0.1, 0.15) is 0 Å². The first kappa shape index (κ1) is 15.7. The molecule has 0 bridgehead atoms. The fourth-order valence-corrected chi connectivity index (χ4v) is 1.20. The SMILES string of the molecule is O=C([O-])c1cccc(C(=O)OS(=O)(=O)O)c1.[Li+]. The van der Waals surface area contributed by atoms with Crippen LogP contribution in [0.2, 0.25) is 0 Å². The van der Waals surface area contributed by atoms with E-state index in [0.29, 0.717) is 0 Å². The van der Waals surface area contributed by atoms with Gasteiger partial charge in [-0.15, -0.1) is 0 Å². The van der Waals surface area contributed by atoms with Crippen LogP contribution in [-0.4, -0.2) is 24.9 Å². The molecule has 86 valence electrons. The first-order chi connectivity index (χ1) is 7.29. The molecular weight excluding hydrogens is 247 g/mol. The van der Waals surface area contributed by atoms with E-state index < -0.39 is 22.3 Å². The van der Waals surface area contributed by atoms with E-state index in [4.69, 9.17) is 4.55 Å². The molecule has 0 fully saturated rings. The van der Waals surface area contributed by atoms with Crippen LogP contribution < -0.4 is 24.0 Å². The molecule has 1 aromatic carbocycles. The van der Waals surface area contributed by atoms with Gasteiger partial charge in [0.05, 0.1) is 11.5 Å². The van der Waals surface area contributed by atoms with E-state index in [1.807, 2.05) is 0 Å². The van der Waals surface area contributed by atoms with Crippen molar-refractivity contribution in [3.05, 3.63) is 35.4 Å². The second kappa shape index (κ2) is 5.84. The van der Waals surface area contributed by atoms with Gasteiger partial charge in [-0.25, -0.2) is 4.79 Å². The standard InChI is InChI=1S/C8H6O7S.Li/c9-7(10)5-2-1-3-6(4-5)8(11)15-16(12,13)14;/h1-4H,(H,9,10)(H,12,13,14);/q;+1/p-1. The normalized spacial score (nSPS) is 10.2. The summed E-state index contributed by atoms with van der Waals surface area (Å²) >= 11 is 0. The Labute approximate surface area is 109 Å². The predicted molar refractivity (Wildman–Crippen MR) is 47.7 cm³/mol. The van der Waals surface area contributed by atoms with Crippen LogP contribution in [0.1, 0.15) is 20.7 Å². The van der Waals surface area contributed by atoms with Crippen LogP contribution in [0.25, 0.3) is 0 Å². The number of carbonyl (C=O) groups is 2. The van der Waals surface area contributed by atoms with E-state index in [1.54, 1.807) is 0 Å². The van der Waals surface area contributed by atoms with Crippen molar-refractivity contribution in [1.29, 1.82) is 0 Å². The van der Waals surface area contributed by atoms with Crippen LogP contribution in [0, 0.1) is 0 Å². The first-order valence-electron chi connectivity index (χ1n) is 3.82. The molecule has 0 radical (unpaired) electrons. The van der Waals surface area contributed by atoms with Gasteiger partial charge in [-0.1, -0.05) is 12.1 Å². The van der Waals surface area contributed by atoms with Crippen LogP contribution >= 0.6 is 0 Å². The third-order valence-corrected chi connectivity index (χ3v) is 1.88. The number of carbonyl (C=O) groups excluding carboxylic acids is 2. The molecule has 7 nitrogen and oxygen atoms in total. The van der Waals surface area contributed by atoms with E-state index in [1.165, 1.54) is 6.07 Å². The zero-order chi connectivity index (χ0) is 12.3. The van der Waals surface area contributed by atoms with Crippen molar-refractivity contribution in [2.24, 2.45) is 0 Å². The van der Waals surface area contributed by atoms with Crippen molar-refractivity contribution in [2.45, 2.75) is 0 Å². The Balaban J connectivity index is 0.00000256. The fraction of sp³-hybridized carbons (Fsp3) is 0. The fourth-order valence-electron chi connectivity index (χ4n) is 0.917. The van der Waals surface area contributed by atoms with Crippen LogP contribution in [0.15, 0.2) is 24.3 Å². The Morgan fingerprint density at radius 2 is 1.76 bits per heavy atom. The maximum atomic E-state index is 11.1. The Morgan fingerprint density at radius 3 is 2.24 bits per heavy atom. The summed E-state index contributed by atoms with van der Waals surface area (Å²) in [6.45, 7) is 0. The Kier molecular flexibility index (Phi) is 5.38. The zero-order valence-electron chi connectivity index (χ0n) is 8.61. The molecule has 0 amide bonds. The average molecular weight is 252 g/mol. The largest absolute Gasteiger partial charge is 1.00 e. The van der Waals surface area contributed by atoms with Gasteiger partial charge in [-0.2, -0.15) is 8.42 Å². The minimum absolute atomic E-state index is 0. The number of rotatable bonds is 3. The second-order valence-electron chi connectivity index (χ2n) is 2.67. The summed E-state index contributed by atoms with van der Waals surface area (Å²) in [5.41, 5.74) is -0.649. The van der Waals surface area contributed by atoms with Gasteiger partial charge in [0.25, 0.3) is 0 Å². The molecule has 17 heavy (non-hydrogen) atoms. The van der Waals surface area contributed by atoms with Crippen LogP contribution in [0.3, 0.4) is 0 Å². The Morgan fingerprint density at radius 1 is 1.24 bits per heavy atom. The number of carboxylic acids is 1. The summed E-state index contributed by atoms with van der Waals surface area (Å²) in [5.74, 6) is -2.91. The number of benzene rings is 1. The van der Waals surface area contributed by atoms with Crippen molar-refractivity contribution < 1.29 is 50.7 Å². The molecule has 0 atom stereocenters. The molecular formula is C8H5LiO7S. The minimum Gasteiger partial charge on any atom is -0.545 e. The van der Waals surface area contributed by atoms with E-state index in [9.17, 15) is 23.1 Å². The molecule has 0 aliphatic heterocycles. The van der Waals surface area contributed by atoms with Gasteiger partial charge in [0.2, 0.25) is 0 Å². The Bertz CT molecular complexity index is 537. The van der Waals surface area contributed by atoms with Gasteiger partial charge in [-0.3, -0.25) is 4.55 Å². The first-order valence-corrected chi connectivity index (χ1v) is 5.19. The Hall–Kier alpha value is -1.33. The van der Waals surface area contributed by atoms with Gasteiger partial charge in [0.15, 0.2) is 0 Å². The van der Waals surface area contributed by atoms with E-state index in [2.05, 4.69) is 4.18 Å². The summed E-state index contributed by atoms with van der Waals surface area (Å²) < 4.78 is 32.3. The maximum Gasteiger partial charge on any atom is 1.00 e. The zero-order valence-corrected chi connectivity index (χ0v) is 9.43. The molecule has 0 aliphatic rings. The van der Waals surface area contributed by atoms with Gasteiger partial charge < -0.3 is 14.1 Å². The van der Waals surface area contributed by atoms with E-state index in [0.717, 1.165) is 18.2 Å². The van der Waals surface area contributed by atoms with Crippen molar-refractivity contribution in [3.8, 4) is 0 Å². The summed E-state index contributed by atoms with van der Waals surface area (Å²) in [7, 11) is -4.92. The van der Waals surface area contributed by atoms with Crippen LogP contribution in [-0.2, 0) is 14.6 Å². The molecule has 0 saturated heterocycles. The molecule has 0 aliphatic carbocycles. The number of carboxylic acid groups (broad SMARTS) is 1. The van der Waals surface area contributed by atoms with Crippen LogP contribution in [0.4, 0.5) is 0 Å². The quantitative estimate of drug-likeness (QED) is 0.430. The van der Waals surface area contributed by atoms with E-state index in [-0.39, 0.29) is 30.0 Å². The topological polar surface area (TPSA) is 121 Å². The maximum absolute atomic E-state index is 11.1. The van der Waals surface area contributed by atoms with Crippen LogP contribution in [0.5, 0.6) is 0 Å². The predicted octanol–water partition coefficient (Wildman–Crippen LogP) is -3.99. The molecule has 9 heteroatoms. The minimum atomic E-state index is -4.92. The van der Waals surface area contributed by atoms with Gasteiger partial charge in [0, 0.05) is 0 Å². The monoisotopic (exact) mass is 252 g/mol. The molecule has 1 aromatic rings. The molecule has 1 N–H and O–H groups in total. The molecule has 0 spiro atoms. The third-order valence-electron chi connectivity index (χ3n) is 1.51. The van der Waals surface area contributed by atoms with Gasteiger partial charge in [-0.05, 0) is 17.7 Å². The van der Waals surface area contributed by atoms with Crippen molar-refractivity contribution >= 4 is 22.3 Å². The summed E-state index contributed by atoms with van der Waals surface area (Å²) in [6, 6.07) is 4.34. The molecule has 0 aromatic heterocycles.